The third-order valence-corrected chi connectivity index (χ3v) is 3.55. The summed E-state index contributed by atoms with van der Waals surface area (Å²) in [5.74, 6) is -2.66. The third-order valence-electron chi connectivity index (χ3n) is 3.55. The van der Waals surface area contributed by atoms with E-state index in [2.05, 4.69) is 0 Å². The Bertz CT molecular complexity index is 357. The van der Waals surface area contributed by atoms with Crippen molar-refractivity contribution in [2.75, 3.05) is 0 Å². The first kappa shape index (κ1) is 18.3. The number of rotatable bonds is 11. The Kier molecular flexibility index (Phi) is 8.43. The molecule has 20 heavy (non-hydrogen) atoms. The van der Waals surface area contributed by atoms with Crippen LogP contribution in [0.2, 0.25) is 0 Å². The quantitative estimate of drug-likeness (QED) is 0.534. The third kappa shape index (κ3) is 6.45. The van der Waals surface area contributed by atoms with Crippen LogP contribution in [-0.4, -0.2) is 24.4 Å². The van der Waals surface area contributed by atoms with Crippen molar-refractivity contribution in [3.05, 3.63) is 0 Å². The average molecular weight is 284 g/mol. The molecule has 0 rings (SSSR count). The number of primary amides is 2. The molecular formula is C14H24N2O4. The summed E-state index contributed by atoms with van der Waals surface area (Å²) in [6.45, 7) is 3.51. The molecule has 4 unspecified atom stereocenters. The molecule has 6 nitrogen and oxygen atoms in total. The van der Waals surface area contributed by atoms with Crippen molar-refractivity contribution >= 4 is 24.4 Å². The van der Waals surface area contributed by atoms with Gasteiger partial charge in [-0.25, -0.2) is 0 Å². The van der Waals surface area contributed by atoms with E-state index >= 15 is 0 Å². The van der Waals surface area contributed by atoms with Crippen molar-refractivity contribution in [1.29, 1.82) is 0 Å². The SMILES string of the molecule is CCC(CC(C=O)CC(CC(C)C=O)C(N)=O)C(N)=O. The van der Waals surface area contributed by atoms with Crippen LogP contribution in [0.1, 0.15) is 39.5 Å². The van der Waals surface area contributed by atoms with Crippen molar-refractivity contribution in [2.24, 2.45) is 35.1 Å². The summed E-state index contributed by atoms with van der Waals surface area (Å²) in [4.78, 5) is 44.4. The second kappa shape index (κ2) is 9.23. The Morgan fingerprint density at radius 2 is 1.45 bits per heavy atom. The first-order valence-electron chi connectivity index (χ1n) is 6.84. The first-order valence-corrected chi connectivity index (χ1v) is 6.84. The second-order valence-corrected chi connectivity index (χ2v) is 5.32. The van der Waals surface area contributed by atoms with Crippen LogP contribution < -0.4 is 11.5 Å². The molecule has 4 N–H and O–H groups in total. The van der Waals surface area contributed by atoms with E-state index in [0.29, 0.717) is 19.3 Å². The van der Waals surface area contributed by atoms with Crippen LogP contribution >= 0.6 is 0 Å². The molecule has 0 aliphatic rings. The highest BCUT2D eigenvalue weighted by molar-refractivity contribution is 5.78. The number of carbonyl (C=O) groups is 4. The maximum Gasteiger partial charge on any atom is 0.220 e. The van der Waals surface area contributed by atoms with Gasteiger partial charge in [0.2, 0.25) is 11.8 Å². The lowest BCUT2D eigenvalue weighted by molar-refractivity contribution is -0.124. The molecule has 0 aliphatic carbocycles. The van der Waals surface area contributed by atoms with Crippen LogP contribution in [0.5, 0.6) is 0 Å². The molecule has 0 saturated heterocycles. The molecule has 0 aromatic heterocycles. The molecule has 0 aromatic rings. The molecule has 6 heteroatoms. The first-order chi connectivity index (χ1) is 9.35. The van der Waals surface area contributed by atoms with Crippen LogP contribution in [0.3, 0.4) is 0 Å². The van der Waals surface area contributed by atoms with Crippen LogP contribution in [-0.2, 0) is 19.2 Å². The zero-order valence-electron chi connectivity index (χ0n) is 12.1. The monoisotopic (exact) mass is 284 g/mol. The van der Waals surface area contributed by atoms with E-state index in [4.69, 9.17) is 11.5 Å². The molecular weight excluding hydrogens is 260 g/mol. The fourth-order valence-corrected chi connectivity index (χ4v) is 2.26. The zero-order chi connectivity index (χ0) is 15.7. The number of aldehydes is 2. The smallest absolute Gasteiger partial charge is 0.220 e. The van der Waals surface area contributed by atoms with E-state index < -0.39 is 23.7 Å². The fourth-order valence-electron chi connectivity index (χ4n) is 2.26. The van der Waals surface area contributed by atoms with Crippen molar-refractivity contribution in [3.63, 3.8) is 0 Å². The molecule has 0 spiro atoms. The van der Waals surface area contributed by atoms with Gasteiger partial charge in [0, 0.05) is 23.7 Å². The van der Waals surface area contributed by atoms with Gasteiger partial charge in [-0.1, -0.05) is 13.8 Å². The normalized spacial score (nSPS) is 16.7. The summed E-state index contributed by atoms with van der Waals surface area (Å²) < 4.78 is 0. The van der Waals surface area contributed by atoms with Crippen molar-refractivity contribution < 1.29 is 19.2 Å². The van der Waals surface area contributed by atoms with Gasteiger partial charge >= 0.3 is 0 Å². The minimum Gasteiger partial charge on any atom is -0.369 e. The van der Waals surface area contributed by atoms with Gasteiger partial charge in [-0.15, -0.1) is 0 Å². The fraction of sp³-hybridized carbons (Fsp3) is 0.714. The Morgan fingerprint density at radius 3 is 1.80 bits per heavy atom. The predicted octanol–water partition coefficient (Wildman–Crippen LogP) is 0.420. The maximum absolute atomic E-state index is 11.4. The van der Waals surface area contributed by atoms with Crippen LogP contribution in [0, 0.1) is 23.7 Å². The lowest BCUT2D eigenvalue weighted by Gasteiger charge is -2.21. The van der Waals surface area contributed by atoms with Crippen molar-refractivity contribution in [3.8, 4) is 0 Å². The summed E-state index contributed by atoms with van der Waals surface area (Å²) in [6.07, 6.45) is 2.91. The highest BCUT2D eigenvalue weighted by atomic mass is 16.1. The van der Waals surface area contributed by atoms with Crippen LogP contribution in [0.25, 0.3) is 0 Å². The molecule has 0 fully saturated rings. The lowest BCUT2D eigenvalue weighted by atomic mass is 9.83. The Hall–Kier alpha value is -1.72. The highest BCUT2D eigenvalue weighted by Gasteiger charge is 2.26. The Morgan fingerprint density at radius 1 is 0.950 bits per heavy atom. The highest BCUT2D eigenvalue weighted by Crippen LogP contribution is 2.24. The molecule has 2 amide bonds. The number of hydrogen-bond acceptors (Lipinski definition) is 4. The molecule has 0 aromatic carbocycles. The van der Waals surface area contributed by atoms with E-state index in [-0.39, 0.29) is 18.3 Å². The van der Waals surface area contributed by atoms with E-state index in [0.717, 1.165) is 12.6 Å². The van der Waals surface area contributed by atoms with E-state index in [1.807, 2.05) is 6.92 Å². The maximum atomic E-state index is 11.4. The predicted molar refractivity (Wildman–Crippen MR) is 74.3 cm³/mol. The van der Waals surface area contributed by atoms with Gasteiger partial charge < -0.3 is 21.1 Å². The van der Waals surface area contributed by atoms with Gasteiger partial charge in [0.25, 0.3) is 0 Å². The van der Waals surface area contributed by atoms with E-state index in [1.165, 1.54) is 0 Å². The number of amides is 2. The summed E-state index contributed by atoms with van der Waals surface area (Å²) in [5.41, 5.74) is 10.6. The molecule has 0 saturated carbocycles. The summed E-state index contributed by atoms with van der Waals surface area (Å²) in [5, 5.41) is 0. The van der Waals surface area contributed by atoms with Gasteiger partial charge in [0.1, 0.15) is 12.6 Å². The average Bonchev–Trinajstić information content (AvgIpc) is 2.40. The summed E-state index contributed by atoms with van der Waals surface area (Å²) in [7, 11) is 0. The summed E-state index contributed by atoms with van der Waals surface area (Å²) in [6, 6.07) is 0. The number of carbonyl (C=O) groups excluding carboxylic acids is 4. The Balaban J connectivity index is 4.71. The van der Waals surface area contributed by atoms with E-state index in [1.54, 1.807) is 6.92 Å². The molecule has 114 valence electrons. The Labute approximate surface area is 119 Å². The van der Waals surface area contributed by atoms with Gasteiger partial charge in [-0.05, 0) is 25.7 Å². The van der Waals surface area contributed by atoms with Gasteiger partial charge in [0.05, 0.1) is 0 Å². The molecule has 0 radical (unpaired) electrons. The molecule has 4 atom stereocenters. The second-order valence-electron chi connectivity index (χ2n) is 5.32. The molecule has 0 heterocycles. The topological polar surface area (TPSA) is 120 Å². The largest absolute Gasteiger partial charge is 0.369 e. The van der Waals surface area contributed by atoms with Crippen molar-refractivity contribution in [1.82, 2.24) is 0 Å². The minimum absolute atomic E-state index is 0.251. The minimum atomic E-state index is -0.546. The zero-order valence-corrected chi connectivity index (χ0v) is 12.1. The van der Waals surface area contributed by atoms with Crippen LogP contribution in [0.4, 0.5) is 0 Å². The van der Waals surface area contributed by atoms with Gasteiger partial charge in [0.15, 0.2) is 0 Å². The van der Waals surface area contributed by atoms with Gasteiger partial charge in [-0.2, -0.15) is 0 Å². The lowest BCUT2D eigenvalue weighted by Crippen LogP contribution is -2.30. The standard InChI is InChI=1S/C14H24N2O4/c1-3-11(13(15)19)5-10(8-18)6-12(14(16)20)4-9(2)7-17/h7-12H,3-6H2,1-2H3,(H2,15,19)(H2,16,20). The molecule has 0 bridgehead atoms. The van der Waals surface area contributed by atoms with E-state index in [9.17, 15) is 19.2 Å². The number of hydrogen-bond donors (Lipinski definition) is 2. The molecule has 0 aliphatic heterocycles. The number of nitrogens with two attached hydrogens (primary N) is 2. The van der Waals surface area contributed by atoms with Gasteiger partial charge in [-0.3, -0.25) is 9.59 Å². The van der Waals surface area contributed by atoms with Crippen LogP contribution in [0.15, 0.2) is 0 Å². The summed E-state index contributed by atoms with van der Waals surface area (Å²) >= 11 is 0. The van der Waals surface area contributed by atoms with Crippen molar-refractivity contribution in [2.45, 2.75) is 39.5 Å².